The van der Waals surface area contributed by atoms with E-state index in [1.54, 1.807) is 0 Å². The number of nitrogens with one attached hydrogen (secondary N) is 1. The van der Waals surface area contributed by atoms with E-state index in [9.17, 15) is 4.79 Å². The summed E-state index contributed by atoms with van der Waals surface area (Å²) in [7, 11) is 0. The molecule has 0 saturated heterocycles. The van der Waals surface area contributed by atoms with Gasteiger partial charge >= 0.3 is 0 Å². The lowest BCUT2D eigenvalue weighted by Crippen LogP contribution is -2.14. The molecule has 0 radical (unpaired) electrons. The quantitative estimate of drug-likeness (QED) is 0.624. The van der Waals surface area contributed by atoms with Crippen molar-refractivity contribution in [2.75, 3.05) is 11.9 Å². The lowest BCUT2D eigenvalue weighted by Gasteiger charge is -2.09. The van der Waals surface area contributed by atoms with Crippen LogP contribution in [0.15, 0.2) is 78.9 Å². The first kappa shape index (κ1) is 18.5. The Hall–Kier alpha value is -3.27. The molecule has 0 atom stereocenters. The Morgan fingerprint density at radius 1 is 0.778 bits per heavy atom. The third-order valence-electron chi connectivity index (χ3n) is 3.99. The molecule has 0 unspecified atom stereocenters. The summed E-state index contributed by atoms with van der Waals surface area (Å²) in [5, 5.41) is 2.91. The van der Waals surface area contributed by atoms with Crippen LogP contribution in [0.4, 0.5) is 5.69 Å². The number of hydrogen-bond acceptors (Lipinski definition) is 3. The van der Waals surface area contributed by atoms with E-state index in [1.165, 1.54) is 0 Å². The van der Waals surface area contributed by atoms with Gasteiger partial charge in [0.2, 0.25) is 5.91 Å². The third kappa shape index (κ3) is 5.89. The normalized spacial score (nSPS) is 10.3. The molecule has 138 valence electrons. The highest BCUT2D eigenvalue weighted by Crippen LogP contribution is 2.18. The smallest absolute Gasteiger partial charge is 0.228 e. The predicted molar refractivity (Wildman–Crippen MR) is 107 cm³/mol. The number of rotatable bonds is 8. The minimum absolute atomic E-state index is 0.0582. The van der Waals surface area contributed by atoms with Gasteiger partial charge in [0, 0.05) is 5.69 Å². The summed E-state index contributed by atoms with van der Waals surface area (Å²) >= 11 is 0. The maximum atomic E-state index is 12.2. The van der Waals surface area contributed by atoms with Gasteiger partial charge in [-0.05, 0) is 54.4 Å². The number of anilines is 1. The van der Waals surface area contributed by atoms with E-state index in [0.717, 1.165) is 28.3 Å². The van der Waals surface area contributed by atoms with Crippen LogP contribution in [0.25, 0.3) is 0 Å². The number of carbonyl (C=O) groups is 1. The van der Waals surface area contributed by atoms with Crippen molar-refractivity contribution in [2.45, 2.75) is 20.0 Å². The largest absolute Gasteiger partial charge is 0.494 e. The van der Waals surface area contributed by atoms with E-state index in [0.29, 0.717) is 19.6 Å². The monoisotopic (exact) mass is 361 g/mol. The molecule has 0 bridgehead atoms. The highest BCUT2D eigenvalue weighted by atomic mass is 16.5. The highest BCUT2D eigenvalue weighted by molar-refractivity contribution is 5.92. The summed E-state index contributed by atoms with van der Waals surface area (Å²) in [6.45, 7) is 3.09. The summed E-state index contributed by atoms with van der Waals surface area (Å²) in [4.78, 5) is 12.2. The first-order chi connectivity index (χ1) is 13.2. The molecular formula is C23H23NO3. The lowest BCUT2D eigenvalue weighted by molar-refractivity contribution is -0.115. The van der Waals surface area contributed by atoms with Crippen LogP contribution in [0.3, 0.4) is 0 Å². The van der Waals surface area contributed by atoms with Gasteiger partial charge in [0.1, 0.15) is 18.1 Å². The molecule has 0 aliphatic heterocycles. The fourth-order valence-corrected chi connectivity index (χ4v) is 2.64. The molecule has 0 aromatic heterocycles. The second kappa shape index (κ2) is 9.43. The average molecular weight is 361 g/mol. The molecule has 3 aromatic carbocycles. The maximum absolute atomic E-state index is 12.2. The van der Waals surface area contributed by atoms with Gasteiger partial charge in [-0.1, -0.05) is 42.5 Å². The molecule has 1 amide bonds. The van der Waals surface area contributed by atoms with Crippen molar-refractivity contribution in [3.63, 3.8) is 0 Å². The highest BCUT2D eigenvalue weighted by Gasteiger charge is 2.05. The van der Waals surface area contributed by atoms with Crippen LogP contribution >= 0.6 is 0 Å². The van der Waals surface area contributed by atoms with Crippen LogP contribution < -0.4 is 14.8 Å². The molecule has 27 heavy (non-hydrogen) atoms. The first-order valence-electron chi connectivity index (χ1n) is 9.01. The number of amides is 1. The van der Waals surface area contributed by atoms with Crippen molar-refractivity contribution in [3.8, 4) is 11.5 Å². The molecule has 1 N–H and O–H groups in total. The fourth-order valence-electron chi connectivity index (χ4n) is 2.64. The summed E-state index contributed by atoms with van der Waals surface area (Å²) < 4.78 is 11.2. The molecule has 3 rings (SSSR count). The van der Waals surface area contributed by atoms with Crippen molar-refractivity contribution < 1.29 is 14.3 Å². The predicted octanol–water partition coefficient (Wildman–Crippen LogP) is 4.85. The van der Waals surface area contributed by atoms with E-state index < -0.39 is 0 Å². The molecule has 0 heterocycles. The van der Waals surface area contributed by atoms with Crippen molar-refractivity contribution in [1.82, 2.24) is 0 Å². The Morgan fingerprint density at radius 2 is 1.41 bits per heavy atom. The number of ether oxygens (including phenoxy) is 2. The van der Waals surface area contributed by atoms with Crippen LogP contribution in [0, 0.1) is 0 Å². The second-order valence-electron chi connectivity index (χ2n) is 6.10. The zero-order chi connectivity index (χ0) is 18.9. The van der Waals surface area contributed by atoms with Gasteiger partial charge < -0.3 is 14.8 Å². The number of benzene rings is 3. The molecule has 0 saturated carbocycles. The molecule has 3 aromatic rings. The molecule has 4 heteroatoms. The van der Waals surface area contributed by atoms with Gasteiger partial charge in [0.05, 0.1) is 13.0 Å². The average Bonchev–Trinajstić information content (AvgIpc) is 2.70. The molecule has 4 nitrogen and oxygen atoms in total. The van der Waals surface area contributed by atoms with E-state index in [4.69, 9.17) is 9.47 Å². The Balaban J connectivity index is 1.49. The molecule has 0 fully saturated rings. The SMILES string of the molecule is CCOc1ccc(CC(=O)Nc2ccc(OCc3ccccc3)cc2)cc1. The Morgan fingerprint density at radius 3 is 2.07 bits per heavy atom. The van der Waals surface area contributed by atoms with E-state index in [1.807, 2.05) is 85.8 Å². The van der Waals surface area contributed by atoms with Crippen LogP contribution in [-0.4, -0.2) is 12.5 Å². The third-order valence-corrected chi connectivity index (χ3v) is 3.99. The Bertz CT molecular complexity index is 843. The topological polar surface area (TPSA) is 47.6 Å². The van der Waals surface area contributed by atoms with Gasteiger partial charge in [-0.2, -0.15) is 0 Å². The van der Waals surface area contributed by atoms with Crippen molar-refractivity contribution in [2.24, 2.45) is 0 Å². The zero-order valence-corrected chi connectivity index (χ0v) is 15.4. The van der Waals surface area contributed by atoms with Crippen LogP contribution in [-0.2, 0) is 17.8 Å². The standard InChI is InChI=1S/C23H23NO3/c1-2-26-21-12-8-18(9-13-21)16-23(25)24-20-10-14-22(15-11-20)27-17-19-6-4-3-5-7-19/h3-15H,2,16-17H2,1H3,(H,24,25). The second-order valence-corrected chi connectivity index (χ2v) is 6.10. The zero-order valence-electron chi connectivity index (χ0n) is 15.4. The summed E-state index contributed by atoms with van der Waals surface area (Å²) in [6.07, 6.45) is 0.318. The number of carbonyl (C=O) groups excluding carboxylic acids is 1. The van der Waals surface area contributed by atoms with E-state index in [-0.39, 0.29) is 5.91 Å². The molecule has 0 spiro atoms. The first-order valence-corrected chi connectivity index (χ1v) is 9.01. The van der Waals surface area contributed by atoms with Crippen LogP contribution in [0.2, 0.25) is 0 Å². The minimum Gasteiger partial charge on any atom is -0.494 e. The van der Waals surface area contributed by atoms with Gasteiger partial charge in [-0.15, -0.1) is 0 Å². The summed E-state index contributed by atoms with van der Waals surface area (Å²) in [5.74, 6) is 1.52. The van der Waals surface area contributed by atoms with Crippen LogP contribution in [0.1, 0.15) is 18.1 Å². The van der Waals surface area contributed by atoms with Gasteiger partial charge in [-0.3, -0.25) is 4.79 Å². The summed E-state index contributed by atoms with van der Waals surface area (Å²) in [5.41, 5.74) is 2.81. The van der Waals surface area contributed by atoms with Crippen molar-refractivity contribution in [1.29, 1.82) is 0 Å². The maximum Gasteiger partial charge on any atom is 0.228 e. The van der Waals surface area contributed by atoms with Gasteiger partial charge in [-0.25, -0.2) is 0 Å². The molecular weight excluding hydrogens is 338 g/mol. The van der Waals surface area contributed by atoms with Gasteiger partial charge in [0.25, 0.3) is 0 Å². The van der Waals surface area contributed by atoms with Crippen molar-refractivity contribution in [3.05, 3.63) is 90.0 Å². The Kier molecular flexibility index (Phi) is 6.47. The summed E-state index contributed by atoms with van der Waals surface area (Å²) in [6, 6.07) is 25.0. The van der Waals surface area contributed by atoms with E-state index in [2.05, 4.69) is 5.32 Å². The van der Waals surface area contributed by atoms with Crippen molar-refractivity contribution >= 4 is 11.6 Å². The van der Waals surface area contributed by atoms with E-state index >= 15 is 0 Å². The minimum atomic E-state index is -0.0582. The van der Waals surface area contributed by atoms with Gasteiger partial charge in [0.15, 0.2) is 0 Å². The fraction of sp³-hybridized carbons (Fsp3) is 0.174. The van der Waals surface area contributed by atoms with Crippen LogP contribution in [0.5, 0.6) is 11.5 Å². The Labute approximate surface area is 159 Å². The molecule has 0 aliphatic rings. The molecule has 0 aliphatic carbocycles. The lowest BCUT2D eigenvalue weighted by atomic mass is 10.1. The number of hydrogen-bond donors (Lipinski definition) is 1.